The SMILES string of the molecule is CC(NCc1nc(C(=O)O)co1)c1nc(C(F)(F)F)cs1. The third-order valence-corrected chi connectivity index (χ3v) is 3.54. The van der Waals surface area contributed by atoms with Crippen LogP contribution in [0.25, 0.3) is 0 Å². The number of nitrogens with zero attached hydrogens (tertiary/aromatic N) is 2. The largest absolute Gasteiger partial charge is 0.476 e. The van der Waals surface area contributed by atoms with Gasteiger partial charge in [-0.2, -0.15) is 13.2 Å². The van der Waals surface area contributed by atoms with Crippen molar-refractivity contribution in [1.82, 2.24) is 15.3 Å². The van der Waals surface area contributed by atoms with E-state index in [1.54, 1.807) is 6.92 Å². The first-order valence-corrected chi connectivity index (χ1v) is 6.59. The normalized spacial score (nSPS) is 13.3. The van der Waals surface area contributed by atoms with Crippen molar-refractivity contribution in [2.75, 3.05) is 0 Å². The Morgan fingerprint density at radius 3 is 2.76 bits per heavy atom. The number of rotatable bonds is 5. The highest BCUT2D eigenvalue weighted by atomic mass is 32.1. The summed E-state index contributed by atoms with van der Waals surface area (Å²) >= 11 is 0.891. The third-order valence-electron chi connectivity index (χ3n) is 2.51. The van der Waals surface area contributed by atoms with Gasteiger partial charge in [0.2, 0.25) is 5.89 Å². The van der Waals surface area contributed by atoms with Crippen LogP contribution in [-0.2, 0) is 12.7 Å². The average Bonchev–Trinajstić information content (AvgIpc) is 3.04. The van der Waals surface area contributed by atoms with E-state index in [9.17, 15) is 18.0 Å². The Morgan fingerprint density at radius 2 is 2.24 bits per heavy atom. The van der Waals surface area contributed by atoms with Crippen LogP contribution in [0.2, 0.25) is 0 Å². The van der Waals surface area contributed by atoms with Crippen molar-refractivity contribution in [3.05, 3.63) is 33.9 Å². The number of hydrogen-bond acceptors (Lipinski definition) is 6. The van der Waals surface area contributed by atoms with Gasteiger partial charge in [-0.1, -0.05) is 0 Å². The Hall–Kier alpha value is -1.94. The van der Waals surface area contributed by atoms with Gasteiger partial charge in [-0.25, -0.2) is 14.8 Å². The molecule has 0 aliphatic heterocycles. The summed E-state index contributed by atoms with van der Waals surface area (Å²) in [7, 11) is 0. The van der Waals surface area contributed by atoms with E-state index in [-0.39, 0.29) is 23.1 Å². The number of halogens is 3. The van der Waals surface area contributed by atoms with Crippen LogP contribution >= 0.6 is 11.3 Å². The smallest absolute Gasteiger partial charge is 0.434 e. The second-order valence-corrected chi connectivity index (χ2v) is 4.99. The van der Waals surface area contributed by atoms with E-state index >= 15 is 0 Å². The number of alkyl halides is 3. The molecule has 2 aromatic heterocycles. The van der Waals surface area contributed by atoms with E-state index in [1.165, 1.54) is 0 Å². The van der Waals surface area contributed by atoms with Crippen molar-refractivity contribution in [2.24, 2.45) is 0 Å². The number of carboxylic acid groups (broad SMARTS) is 1. The summed E-state index contributed by atoms with van der Waals surface area (Å²) in [5.74, 6) is -1.08. The lowest BCUT2D eigenvalue weighted by molar-refractivity contribution is -0.140. The topological polar surface area (TPSA) is 88.2 Å². The van der Waals surface area contributed by atoms with E-state index in [2.05, 4.69) is 15.3 Å². The molecule has 2 N–H and O–H groups in total. The van der Waals surface area contributed by atoms with Crippen molar-refractivity contribution in [3.63, 3.8) is 0 Å². The van der Waals surface area contributed by atoms with E-state index in [1.807, 2.05) is 0 Å². The molecular formula is C11H10F3N3O3S. The number of hydrogen-bond donors (Lipinski definition) is 2. The lowest BCUT2D eigenvalue weighted by Gasteiger charge is -2.09. The van der Waals surface area contributed by atoms with Gasteiger partial charge in [0.1, 0.15) is 11.3 Å². The fourth-order valence-corrected chi connectivity index (χ4v) is 2.29. The number of aromatic carboxylic acids is 1. The summed E-state index contributed by atoms with van der Waals surface area (Å²) in [5, 5.41) is 12.8. The molecule has 1 unspecified atom stereocenters. The van der Waals surface area contributed by atoms with E-state index in [0.29, 0.717) is 0 Å². The monoisotopic (exact) mass is 321 g/mol. The van der Waals surface area contributed by atoms with Gasteiger partial charge < -0.3 is 9.52 Å². The van der Waals surface area contributed by atoms with Crippen molar-refractivity contribution >= 4 is 17.3 Å². The first-order valence-electron chi connectivity index (χ1n) is 5.71. The van der Waals surface area contributed by atoms with Gasteiger partial charge in [-0.15, -0.1) is 11.3 Å². The molecule has 0 bridgehead atoms. The van der Waals surface area contributed by atoms with Gasteiger partial charge in [-0.05, 0) is 6.92 Å². The van der Waals surface area contributed by atoms with E-state index in [4.69, 9.17) is 9.52 Å². The molecule has 10 heteroatoms. The maximum Gasteiger partial charge on any atom is 0.434 e. The highest BCUT2D eigenvalue weighted by Crippen LogP contribution is 2.31. The Bertz CT molecular complexity index is 638. The molecule has 2 aromatic rings. The number of thiazole rings is 1. The summed E-state index contributed by atoms with van der Waals surface area (Å²) in [6.45, 7) is 1.72. The van der Waals surface area contributed by atoms with E-state index < -0.39 is 23.9 Å². The van der Waals surface area contributed by atoms with Gasteiger partial charge >= 0.3 is 12.1 Å². The summed E-state index contributed by atoms with van der Waals surface area (Å²) in [6.07, 6.45) is -3.47. The molecular weight excluding hydrogens is 311 g/mol. The quantitative estimate of drug-likeness (QED) is 0.880. The molecule has 0 radical (unpaired) electrons. The maximum absolute atomic E-state index is 12.4. The van der Waals surface area contributed by atoms with Crippen LogP contribution in [0.5, 0.6) is 0 Å². The molecule has 114 valence electrons. The lowest BCUT2D eigenvalue weighted by Crippen LogP contribution is -2.18. The highest BCUT2D eigenvalue weighted by Gasteiger charge is 2.34. The Kier molecular flexibility index (Phi) is 4.28. The Morgan fingerprint density at radius 1 is 1.52 bits per heavy atom. The van der Waals surface area contributed by atoms with Crippen molar-refractivity contribution < 1.29 is 27.5 Å². The van der Waals surface area contributed by atoms with E-state index in [0.717, 1.165) is 23.0 Å². The summed E-state index contributed by atoms with van der Waals surface area (Å²) < 4.78 is 42.2. The summed E-state index contributed by atoms with van der Waals surface area (Å²) in [4.78, 5) is 17.8. The van der Waals surface area contributed by atoms with Crippen LogP contribution < -0.4 is 5.32 Å². The minimum absolute atomic E-state index is 0.0787. The van der Waals surface area contributed by atoms with Crippen LogP contribution in [0.4, 0.5) is 13.2 Å². The molecule has 6 nitrogen and oxygen atoms in total. The van der Waals surface area contributed by atoms with Gasteiger partial charge in [0.25, 0.3) is 0 Å². The molecule has 21 heavy (non-hydrogen) atoms. The molecule has 0 saturated heterocycles. The number of oxazole rings is 1. The minimum Gasteiger partial charge on any atom is -0.476 e. The van der Waals surface area contributed by atoms with Crippen LogP contribution in [-0.4, -0.2) is 21.0 Å². The highest BCUT2D eigenvalue weighted by molar-refractivity contribution is 7.09. The number of nitrogens with one attached hydrogen (secondary N) is 1. The molecule has 0 fully saturated rings. The molecule has 0 aliphatic rings. The summed E-state index contributed by atoms with van der Waals surface area (Å²) in [6, 6.07) is -0.453. The molecule has 0 aliphatic carbocycles. The fourth-order valence-electron chi connectivity index (χ4n) is 1.43. The Labute approximate surface area is 120 Å². The maximum atomic E-state index is 12.4. The number of carboxylic acids is 1. The van der Waals surface area contributed by atoms with Gasteiger partial charge in [0.15, 0.2) is 11.4 Å². The second kappa shape index (κ2) is 5.82. The lowest BCUT2D eigenvalue weighted by atomic mass is 10.3. The molecule has 0 saturated carbocycles. The third kappa shape index (κ3) is 3.79. The first kappa shape index (κ1) is 15.4. The minimum atomic E-state index is -4.46. The summed E-state index contributed by atoms with van der Waals surface area (Å²) in [5.41, 5.74) is -1.16. The first-order chi connectivity index (χ1) is 9.77. The molecule has 0 spiro atoms. The fraction of sp³-hybridized carbons (Fsp3) is 0.364. The van der Waals surface area contributed by atoms with Crippen LogP contribution in [0.3, 0.4) is 0 Å². The molecule has 0 amide bonds. The molecule has 0 aromatic carbocycles. The van der Waals surface area contributed by atoms with Gasteiger partial charge in [0, 0.05) is 5.38 Å². The predicted octanol–water partition coefficient (Wildman–Crippen LogP) is 2.70. The van der Waals surface area contributed by atoms with Crippen LogP contribution in [0.15, 0.2) is 16.1 Å². The van der Waals surface area contributed by atoms with Gasteiger partial charge in [-0.3, -0.25) is 5.32 Å². The predicted molar refractivity (Wildman–Crippen MR) is 65.8 cm³/mol. The zero-order valence-corrected chi connectivity index (χ0v) is 11.5. The van der Waals surface area contributed by atoms with Crippen molar-refractivity contribution in [3.8, 4) is 0 Å². The standard InChI is InChI=1S/C11H10F3N3O3S/c1-5(9-17-7(4-21-9)11(12,13)14)15-2-8-16-6(3-20-8)10(18)19/h3-5,15H,2H2,1H3,(H,18,19). The van der Waals surface area contributed by atoms with Crippen molar-refractivity contribution in [2.45, 2.75) is 25.7 Å². The number of aromatic nitrogens is 2. The Balaban J connectivity index is 1.96. The zero-order chi connectivity index (χ0) is 15.6. The zero-order valence-electron chi connectivity index (χ0n) is 10.6. The van der Waals surface area contributed by atoms with Crippen LogP contribution in [0.1, 0.15) is 40.0 Å². The average molecular weight is 321 g/mol. The molecule has 2 heterocycles. The molecule has 2 rings (SSSR count). The second-order valence-electron chi connectivity index (χ2n) is 4.10. The van der Waals surface area contributed by atoms with Crippen LogP contribution in [0, 0.1) is 0 Å². The van der Waals surface area contributed by atoms with Crippen molar-refractivity contribution in [1.29, 1.82) is 0 Å². The molecule has 1 atom stereocenters. The van der Waals surface area contributed by atoms with Gasteiger partial charge in [0.05, 0.1) is 12.6 Å². The number of carbonyl (C=O) groups is 1.